The highest BCUT2D eigenvalue weighted by molar-refractivity contribution is 7.12. The minimum Gasteiger partial charge on any atom is -0.351 e. The average molecular weight is 249 g/mol. The number of carbonyl (C=O) groups is 1. The van der Waals surface area contributed by atoms with E-state index >= 15 is 0 Å². The molecule has 0 spiro atoms. The molecule has 2 heterocycles. The van der Waals surface area contributed by atoms with E-state index < -0.39 is 0 Å². The topological polar surface area (TPSA) is 46.9 Å². The molecule has 1 N–H and O–H groups in total. The Labute approximate surface area is 104 Å². The number of hydrogen-bond acceptors (Lipinski definition) is 3. The van der Waals surface area contributed by atoms with E-state index in [1.54, 1.807) is 0 Å². The lowest BCUT2D eigenvalue weighted by Gasteiger charge is -2.01. The molecule has 90 valence electrons. The van der Waals surface area contributed by atoms with Crippen LogP contribution < -0.4 is 5.32 Å². The molecule has 0 aliphatic heterocycles. The summed E-state index contributed by atoms with van der Waals surface area (Å²) in [6.45, 7) is 2.63. The molecule has 0 saturated heterocycles. The van der Waals surface area contributed by atoms with E-state index in [1.165, 1.54) is 11.3 Å². The molecule has 0 atom stereocenters. The van der Waals surface area contributed by atoms with Crippen LogP contribution in [0.1, 0.15) is 21.1 Å². The highest BCUT2D eigenvalue weighted by Crippen LogP contribution is 2.07. The molecule has 0 unspecified atom stereocenters. The molecule has 0 bridgehead atoms. The second-order valence-corrected chi connectivity index (χ2v) is 4.83. The zero-order valence-corrected chi connectivity index (χ0v) is 10.8. The molecule has 1 amide bonds. The minimum absolute atomic E-state index is 0.00680. The normalized spacial score (nSPS) is 10.5. The van der Waals surface area contributed by atoms with Crippen molar-refractivity contribution in [3.63, 3.8) is 0 Å². The third kappa shape index (κ3) is 2.94. The van der Waals surface area contributed by atoms with Gasteiger partial charge in [0.05, 0.1) is 10.6 Å². The Morgan fingerprint density at radius 2 is 2.41 bits per heavy atom. The van der Waals surface area contributed by atoms with Gasteiger partial charge in [-0.2, -0.15) is 5.10 Å². The fourth-order valence-electron chi connectivity index (χ4n) is 1.56. The van der Waals surface area contributed by atoms with Crippen LogP contribution in [0, 0.1) is 6.92 Å². The Bertz CT molecular complexity index is 482. The Hall–Kier alpha value is -1.62. The monoisotopic (exact) mass is 249 g/mol. The van der Waals surface area contributed by atoms with Crippen molar-refractivity contribution < 1.29 is 4.79 Å². The zero-order valence-electron chi connectivity index (χ0n) is 9.93. The summed E-state index contributed by atoms with van der Waals surface area (Å²) in [4.78, 5) is 12.4. The quantitative estimate of drug-likeness (QED) is 0.897. The van der Waals surface area contributed by atoms with Gasteiger partial charge in [-0.3, -0.25) is 9.48 Å². The standard InChI is InChI=1S/C12H15N3OS/c1-9-8-10(14-15(9)2)5-6-13-12(16)11-4-3-7-17-11/h3-4,7-8H,5-6H2,1-2H3,(H,13,16). The van der Waals surface area contributed by atoms with Crippen molar-refractivity contribution in [1.29, 1.82) is 0 Å². The molecular formula is C12H15N3OS. The molecule has 0 fully saturated rings. The minimum atomic E-state index is -0.00680. The molecule has 2 rings (SSSR count). The van der Waals surface area contributed by atoms with Crippen molar-refractivity contribution in [3.8, 4) is 0 Å². The third-order valence-electron chi connectivity index (χ3n) is 2.58. The fraction of sp³-hybridized carbons (Fsp3) is 0.333. The van der Waals surface area contributed by atoms with Crippen molar-refractivity contribution in [3.05, 3.63) is 39.8 Å². The van der Waals surface area contributed by atoms with Crippen molar-refractivity contribution in [2.75, 3.05) is 6.54 Å². The fourth-order valence-corrected chi connectivity index (χ4v) is 2.20. The van der Waals surface area contributed by atoms with Gasteiger partial charge in [-0.25, -0.2) is 0 Å². The summed E-state index contributed by atoms with van der Waals surface area (Å²) >= 11 is 1.45. The number of nitrogens with one attached hydrogen (secondary N) is 1. The molecule has 0 aliphatic rings. The zero-order chi connectivity index (χ0) is 12.3. The summed E-state index contributed by atoms with van der Waals surface area (Å²) in [5, 5.41) is 9.12. The summed E-state index contributed by atoms with van der Waals surface area (Å²) in [6, 6.07) is 5.74. The maximum Gasteiger partial charge on any atom is 0.261 e. The first-order chi connectivity index (χ1) is 8.16. The lowest BCUT2D eigenvalue weighted by atomic mass is 10.3. The molecule has 5 heteroatoms. The number of aryl methyl sites for hydroxylation is 2. The Morgan fingerprint density at radius 1 is 1.59 bits per heavy atom. The number of thiophene rings is 1. The lowest BCUT2D eigenvalue weighted by Crippen LogP contribution is -2.24. The van der Waals surface area contributed by atoms with Crippen LogP contribution in [-0.4, -0.2) is 22.2 Å². The molecule has 2 aromatic rings. The summed E-state index contributed by atoms with van der Waals surface area (Å²) in [5.74, 6) is -0.00680. The van der Waals surface area contributed by atoms with Crippen molar-refractivity contribution in [1.82, 2.24) is 15.1 Å². The van der Waals surface area contributed by atoms with Gasteiger partial charge in [0, 0.05) is 25.7 Å². The van der Waals surface area contributed by atoms with E-state index in [-0.39, 0.29) is 5.91 Å². The Balaban J connectivity index is 1.82. The first-order valence-electron chi connectivity index (χ1n) is 5.48. The van der Waals surface area contributed by atoms with E-state index in [1.807, 2.05) is 42.2 Å². The summed E-state index contributed by atoms with van der Waals surface area (Å²) in [7, 11) is 1.92. The van der Waals surface area contributed by atoms with Crippen LogP contribution in [0.3, 0.4) is 0 Å². The summed E-state index contributed by atoms with van der Waals surface area (Å²) in [5.41, 5.74) is 2.14. The van der Waals surface area contributed by atoms with E-state index in [4.69, 9.17) is 0 Å². The number of aromatic nitrogens is 2. The van der Waals surface area contributed by atoms with Crippen LogP contribution in [0.25, 0.3) is 0 Å². The number of hydrogen-bond donors (Lipinski definition) is 1. The highest BCUT2D eigenvalue weighted by Gasteiger charge is 2.06. The largest absolute Gasteiger partial charge is 0.351 e. The average Bonchev–Trinajstić information content (AvgIpc) is 2.90. The molecule has 17 heavy (non-hydrogen) atoms. The van der Waals surface area contributed by atoms with Crippen LogP contribution in [-0.2, 0) is 13.5 Å². The van der Waals surface area contributed by atoms with E-state index in [9.17, 15) is 4.79 Å². The van der Waals surface area contributed by atoms with Gasteiger partial charge in [-0.1, -0.05) is 6.07 Å². The van der Waals surface area contributed by atoms with Crippen LogP contribution in [0.4, 0.5) is 0 Å². The summed E-state index contributed by atoms with van der Waals surface area (Å²) in [6.07, 6.45) is 0.763. The van der Waals surface area contributed by atoms with Gasteiger partial charge in [0.2, 0.25) is 0 Å². The predicted octanol–water partition coefficient (Wildman–Crippen LogP) is 1.76. The second-order valence-electron chi connectivity index (χ2n) is 3.88. The highest BCUT2D eigenvalue weighted by atomic mass is 32.1. The van der Waals surface area contributed by atoms with Crippen LogP contribution >= 0.6 is 11.3 Å². The van der Waals surface area contributed by atoms with Gasteiger partial charge >= 0.3 is 0 Å². The lowest BCUT2D eigenvalue weighted by molar-refractivity contribution is 0.0958. The first kappa shape index (κ1) is 11.9. The van der Waals surface area contributed by atoms with E-state index in [0.717, 1.165) is 22.7 Å². The summed E-state index contributed by atoms with van der Waals surface area (Å²) < 4.78 is 1.84. The number of amides is 1. The van der Waals surface area contributed by atoms with E-state index in [0.29, 0.717) is 6.54 Å². The van der Waals surface area contributed by atoms with Gasteiger partial charge in [0.1, 0.15) is 0 Å². The third-order valence-corrected chi connectivity index (χ3v) is 3.44. The smallest absolute Gasteiger partial charge is 0.261 e. The molecule has 0 aliphatic carbocycles. The maximum absolute atomic E-state index is 11.6. The molecule has 0 saturated carbocycles. The maximum atomic E-state index is 11.6. The van der Waals surface area contributed by atoms with E-state index in [2.05, 4.69) is 10.4 Å². The molecular weight excluding hydrogens is 234 g/mol. The Morgan fingerprint density at radius 3 is 3.00 bits per heavy atom. The van der Waals surface area contributed by atoms with Gasteiger partial charge in [-0.15, -0.1) is 11.3 Å². The molecule has 4 nitrogen and oxygen atoms in total. The van der Waals surface area contributed by atoms with Crippen molar-refractivity contribution in [2.24, 2.45) is 7.05 Å². The second kappa shape index (κ2) is 5.14. The van der Waals surface area contributed by atoms with Gasteiger partial charge in [0.15, 0.2) is 0 Å². The molecule has 0 radical (unpaired) electrons. The van der Waals surface area contributed by atoms with Gasteiger partial charge in [-0.05, 0) is 24.4 Å². The number of nitrogens with zero attached hydrogens (tertiary/aromatic N) is 2. The van der Waals surface area contributed by atoms with Crippen molar-refractivity contribution >= 4 is 17.2 Å². The SMILES string of the molecule is Cc1cc(CCNC(=O)c2cccs2)nn1C. The first-order valence-corrected chi connectivity index (χ1v) is 6.36. The number of rotatable bonds is 4. The predicted molar refractivity (Wildman–Crippen MR) is 68.3 cm³/mol. The van der Waals surface area contributed by atoms with Crippen LogP contribution in [0.15, 0.2) is 23.6 Å². The molecule has 2 aromatic heterocycles. The van der Waals surface area contributed by atoms with Gasteiger partial charge < -0.3 is 5.32 Å². The van der Waals surface area contributed by atoms with Gasteiger partial charge in [0.25, 0.3) is 5.91 Å². The van der Waals surface area contributed by atoms with Crippen molar-refractivity contribution in [2.45, 2.75) is 13.3 Å². The molecule has 0 aromatic carbocycles. The number of carbonyl (C=O) groups excluding carboxylic acids is 1. The van der Waals surface area contributed by atoms with Crippen LogP contribution in [0.5, 0.6) is 0 Å². The van der Waals surface area contributed by atoms with Crippen LogP contribution in [0.2, 0.25) is 0 Å². The Kier molecular flexibility index (Phi) is 3.58.